The highest BCUT2D eigenvalue weighted by atomic mass is 16.5. The van der Waals surface area contributed by atoms with Crippen LogP contribution in [-0.4, -0.2) is 21.9 Å². The summed E-state index contributed by atoms with van der Waals surface area (Å²) in [6, 6.07) is 8.45. The molecule has 0 N–H and O–H groups in total. The first-order valence-corrected chi connectivity index (χ1v) is 7.30. The Morgan fingerprint density at radius 2 is 2.00 bits per heavy atom. The van der Waals surface area contributed by atoms with Crippen LogP contribution in [0, 0.1) is 0 Å². The molecular weight excluding hydrogens is 250 g/mol. The normalized spacial score (nSPS) is 12.3. The number of rotatable bonds is 8. The van der Waals surface area contributed by atoms with Crippen LogP contribution in [-0.2, 0) is 6.54 Å². The predicted octanol–water partition coefficient (Wildman–Crippen LogP) is 3.65. The fraction of sp³-hybridized carbons (Fsp3) is 0.500. The van der Waals surface area contributed by atoms with Crippen LogP contribution in [0.2, 0.25) is 0 Å². The maximum Gasteiger partial charge on any atom is 0.137 e. The molecule has 4 nitrogen and oxygen atoms in total. The van der Waals surface area contributed by atoms with Gasteiger partial charge in [-0.3, -0.25) is 4.68 Å². The summed E-state index contributed by atoms with van der Waals surface area (Å²) in [7, 11) is 1.70. The Morgan fingerprint density at radius 3 is 2.60 bits per heavy atom. The second-order valence-corrected chi connectivity index (χ2v) is 5.06. The first kappa shape index (κ1) is 14.6. The molecule has 0 fully saturated rings. The first-order valence-electron chi connectivity index (χ1n) is 7.30. The van der Waals surface area contributed by atoms with E-state index in [4.69, 9.17) is 4.74 Å². The Kier molecular flexibility index (Phi) is 5.59. The van der Waals surface area contributed by atoms with Crippen LogP contribution in [0.1, 0.15) is 44.1 Å². The lowest BCUT2D eigenvalue weighted by Gasteiger charge is -2.17. The summed E-state index contributed by atoms with van der Waals surface area (Å²) in [6.07, 6.45) is 8.18. The number of hydrogen-bond donors (Lipinski definition) is 0. The van der Waals surface area contributed by atoms with E-state index < -0.39 is 0 Å². The topological polar surface area (TPSA) is 39.9 Å². The maximum atomic E-state index is 5.23. The fourth-order valence-corrected chi connectivity index (χ4v) is 2.44. The van der Waals surface area contributed by atoms with E-state index in [-0.39, 0.29) is 0 Å². The Morgan fingerprint density at radius 1 is 1.20 bits per heavy atom. The molecule has 1 atom stereocenters. The average Bonchev–Trinajstić information content (AvgIpc) is 3.01. The van der Waals surface area contributed by atoms with E-state index in [1.807, 2.05) is 16.8 Å². The molecule has 0 bridgehead atoms. The van der Waals surface area contributed by atoms with Crippen LogP contribution >= 0.6 is 0 Å². The van der Waals surface area contributed by atoms with Crippen molar-refractivity contribution >= 4 is 0 Å². The summed E-state index contributed by atoms with van der Waals surface area (Å²) in [5.41, 5.74) is 1.39. The largest absolute Gasteiger partial charge is 0.497 e. The van der Waals surface area contributed by atoms with Gasteiger partial charge < -0.3 is 4.74 Å². The molecule has 0 unspecified atom stereocenters. The van der Waals surface area contributed by atoms with Crippen molar-refractivity contribution in [3.05, 3.63) is 42.5 Å². The van der Waals surface area contributed by atoms with E-state index in [1.165, 1.54) is 24.8 Å². The fourth-order valence-electron chi connectivity index (χ4n) is 2.44. The van der Waals surface area contributed by atoms with Gasteiger partial charge in [-0.15, -0.1) is 0 Å². The summed E-state index contributed by atoms with van der Waals surface area (Å²) >= 11 is 0. The van der Waals surface area contributed by atoms with Crippen LogP contribution in [0.3, 0.4) is 0 Å². The van der Waals surface area contributed by atoms with Crippen molar-refractivity contribution in [3.63, 3.8) is 0 Å². The number of aromatic nitrogens is 3. The van der Waals surface area contributed by atoms with Crippen molar-refractivity contribution in [1.29, 1.82) is 0 Å². The van der Waals surface area contributed by atoms with Gasteiger partial charge >= 0.3 is 0 Å². The average molecular weight is 273 g/mol. The van der Waals surface area contributed by atoms with Crippen LogP contribution in [0.15, 0.2) is 36.9 Å². The van der Waals surface area contributed by atoms with Crippen LogP contribution < -0.4 is 4.74 Å². The third kappa shape index (κ3) is 4.08. The number of nitrogens with zero attached hydrogens (tertiary/aromatic N) is 3. The van der Waals surface area contributed by atoms with Gasteiger partial charge in [-0.05, 0) is 36.5 Å². The summed E-state index contributed by atoms with van der Waals surface area (Å²) in [5.74, 6) is 1.49. The number of aryl methyl sites for hydroxylation is 1. The molecule has 0 saturated carbocycles. The van der Waals surface area contributed by atoms with Crippen molar-refractivity contribution in [2.45, 2.75) is 45.1 Å². The molecule has 2 aromatic rings. The maximum absolute atomic E-state index is 5.23. The number of unbranched alkanes of at least 4 members (excludes halogenated alkanes) is 1. The first-order chi connectivity index (χ1) is 9.83. The molecule has 0 aliphatic rings. The minimum atomic E-state index is 0.574. The van der Waals surface area contributed by atoms with Crippen molar-refractivity contribution in [3.8, 4) is 5.75 Å². The van der Waals surface area contributed by atoms with E-state index >= 15 is 0 Å². The van der Waals surface area contributed by atoms with Gasteiger partial charge in [0, 0.05) is 6.54 Å². The standard InChI is InChI=1S/C16H23N3O/c1-3-4-5-14(10-11-19-13-17-12-18-19)15-6-8-16(20-2)9-7-15/h6-9,12-14H,3-5,10-11H2,1-2H3/t14-/m1/s1. The van der Waals surface area contributed by atoms with Gasteiger partial charge in [0.25, 0.3) is 0 Å². The lowest BCUT2D eigenvalue weighted by atomic mass is 9.90. The molecule has 20 heavy (non-hydrogen) atoms. The molecule has 1 heterocycles. The molecule has 0 saturated heterocycles. The highest BCUT2D eigenvalue weighted by molar-refractivity contribution is 5.29. The number of hydrogen-bond acceptors (Lipinski definition) is 3. The zero-order chi connectivity index (χ0) is 14.2. The van der Waals surface area contributed by atoms with Gasteiger partial charge in [0.2, 0.25) is 0 Å². The third-order valence-corrected chi connectivity index (χ3v) is 3.67. The lowest BCUT2D eigenvalue weighted by Crippen LogP contribution is -2.06. The molecule has 0 aliphatic heterocycles. The highest BCUT2D eigenvalue weighted by Gasteiger charge is 2.11. The summed E-state index contributed by atoms with van der Waals surface area (Å²) in [6.45, 7) is 3.16. The highest BCUT2D eigenvalue weighted by Crippen LogP contribution is 2.27. The van der Waals surface area contributed by atoms with Crippen molar-refractivity contribution < 1.29 is 4.74 Å². The Balaban J connectivity index is 2.01. The van der Waals surface area contributed by atoms with Crippen LogP contribution in [0.4, 0.5) is 0 Å². The summed E-state index contributed by atoms with van der Waals surface area (Å²) < 4.78 is 7.13. The minimum Gasteiger partial charge on any atom is -0.497 e. The molecule has 0 amide bonds. The molecule has 0 spiro atoms. The van der Waals surface area contributed by atoms with E-state index in [9.17, 15) is 0 Å². The molecule has 0 radical (unpaired) electrons. The Hall–Kier alpha value is -1.84. The van der Waals surface area contributed by atoms with Gasteiger partial charge in [0.05, 0.1) is 7.11 Å². The second kappa shape index (κ2) is 7.68. The molecule has 1 aromatic carbocycles. The molecule has 108 valence electrons. The van der Waals surface area contributed by atoms with Gasteiger partial charge in [-0.2, -0.15) is 5.10 Å². The second-order valence-electron chi connectivity index (χ2n) is 5.06. The quantitative estimate of drug-likeness (QED) is 0.737. The predicted molar refractivity (Wildman–Crippen MR) is 79.9 cm³/mol. The smallest absolute Gasteiger partial charge is 0.137 e. The minimum absolute atomic E-state index is 0.574. The number of ether oxygens (including phenoxy) is 1. The van der Waals surface area contributed by atoms with E-state index in [2.05, 4.69) is 29.1 Å². The van der Waals surface area contributed by atoms with Crippen LogP contribution in [0.5, 0.6) is 5.75 Å². The van der Waals surface area contributed by atoms with E-state index in [1.54, 1.807) is 19.8 Å². The SMILES string of the molecule is CCCC[C@H](CCn1cncn1)c1ccc(OC)cc1. The molecular formula is C16H23N3O. The Labute approximate surface area is 120 Å². The van der Waals surface area contributed by atoms with Gasteiger partial charge in [-0.25, -0.2) is 4.98 Å². The number of benzene rings is 1. The van der Waals surface area contributed by atoms with Crippen molar-refractivity contribution in [1.82, 2.24) is 14.8 Å². The molecule has 0 aliphatic carbocycles. The van der Waals surface area contributed by atoms with Crippen LogP contribution in [0.25, 0.3) is 0 Å². The van der Waals surface area contributed by atoms with Gasteiger partial charge in [0.1, 0.15) is 18.4 Å². The van der Waals surface area contributed by atoms with Crippen molar-refractivity contribution in [2.24, 2.45) is 0 Å². The Bertz CT molecular complexity index is 479. The summed E-state index contributed by atoms with van der Waals surface area (Å²) in [5, 5.41) is 4.18. The zero-order valence-electron chi connectivity index (χ0n) is 12.3. The molecule has 4 heteroatoms. The number of methoxy groups -OCH3 is 1. The third-order valence-electron chi connectivity index (χ3n) is 3.67. The lowest BCUT2D eigenvalue weighted by molar-refractivity contribution is 0.414. The monoisotopic (exact) mass is 273 g/mol. The van der Waals surface area contributed by atoms with E-state index in [0.29, 0.717) is 5.92 Å². The van der Waals surface area contributed by atoms with Gasteiger partial charge in [0.15, 0.2) is 0 Å². The van der Waals surface area contributed by atoms with Gasteiger partial charge in [-0.1, -0.05) is 31.9 Å². The van der Waals surface area contributed by atoms with Crippen molar-refractivity contribution in [2.75, 3.05) is 7.11 Å². The summed E-state index contributed by atoms with van der Waals surface area (Å²) in [4.78, 5) is 3.99. The zero-order valence-corrected chi connectivity index (χ0v) is 12.3. The van der Waals surface area contributed by atoms with E-state index in [0.717, 1.165) is 18.7 Å². The molecule has 1 aromatic heterocycles. The molecule has 2 rings (SSSR count).